The highest BCUT2D eigenvalue weighted by molar-refractivity contribution is 14.0. The molecule has 1 aliphatic carbocycles. The van der Waals surface area contributed by atoms with Crippen LogP contribution in [0.15, 0.2) is 47.6 Å². The molecule has 0 atom stereocenters. The summed E-state index contributed by atoms with van der Waals surface area (Å²) in [6.45, 7) is 3.98. The Morgan fingerprint density at radius 1 is 1.13 bits per heavy atom. The van der Waals surface area contributed by atoms with Gasteiger partial charge in [0.2, 0.25) is 5.88 Å². The first-order chi connectivity index (χ1) is 14.7. The first kappa shape index (κ1) is 23.4. The molecule has 2 aromatic rings. The molecule has 168 valence electrons. The molecule has 0 spiro atoms. The number of pyridine rings is 1. The molecule has 0 unspecified atom stereocenters. The number of aliphatic imine (C=N–C) groups is 1. The van der Waals surface area contributed by atoms with E-state index in [1.165, 1.54) is 12.8 Å². The molecule has 0 amide bonds. The molecular formula is C23H32IN5O2. The summed E-state index contributed by atoms with van der Waals surface area (Å²) >= 11 is 0. The molecule has 1 aromatic carbocycles. The van der Waals surface area contributed by atoms with E-state index in [-0.39, 0.29) is 24.0 Å². The average Bonchev–Trinajstić information content (AvgIpc) is 3.29. The third-order valence-corrected chi connectivity index (χ3v) is 5.88. The number of rotatable bonds is 5. The first-order valence-electron chi connectivity index (χ1n) is 10.8. The fourth-order valence-electron chi connectivity index (χ4n) is 4.23. The number of piperazine rings is 1. The monoisotopic (exact) mass is 537 g/mol. The first-order valence-corrected chi connectivity index (χ1v) is 10.8. The summed E-state index contributed by atoms with van der Waals surface area (Å²) in [4.78, 5) is 13.4. The maximum absolute atomic E-state index is 10.1. The summed E-state index contributed by atoms with van der Waals surface area (Å²) in [7, 11) is 1.82. The number of hydrogen-bond donors (Lipinski definition) is 2. The Morgan fingerprint density at radius 3 is 2.58 bits per heavy atom. The van der Waals surface area contributed by atoms with Crippen molar-refractivity contribution in [1.29, 1.82) is 0 Å². The number of phenolic OH excluding ortho intramolecular Hbond substituents is 1. The lowest BCUT2D eigenvalue weighted by Crippen LogP contribution is -2.52. The lowest BCUT2D eigenvalue weighted by molar-refractivity contribution is 0.199. The van der Waals surface area contributed by atoms with E-state index < -0.39 is 0 Å². The Morgan fingerprint density at radius 2 is 1.87 bits per heavy atom. The van der Waals surface area contributed by atoms with Gasteiger partial charge in [-0.2, -0.15) is 0 Å². The van der Waals surface area contributed by atoms with Crippen LogP contribution in [0.25, 0.3) is 0 Å². The van der Waals surface area contributed by atoms with E-state index in [0.29, 0.717) is 18.4 Å². The van der Waals surface area contributed by atoms with Gasteiger partial charge in [0.25, 0.3) is 0 Å². The molecule has 2 heterocycles. The minimum absolute atomic E-state index is 0. The van der Waals surface area contributed by atoms with Crippen molar-refractivity contribution in [3.63, 3.8) is 0 Å². The highest BCUT2D eigenvalue weighted by atomic mass is 127. The van der Waals surface area contributed by atoms with Crippen molar-refractivity contribution >= 4 is 35.6 Å². The second-order valence-corrected chi connectivity index (χ2v) is 7.86. The van der Waals surface area contributed by atoms with Crippen LogP contribution in [0, 0.1) is 0 Å². The Balaban J connectivity index is 0.00000272. The minimum Gasteiger partial charge on any atom is -0.506 e. The van der Waals surface area contributed by atoms with Crippen LogP contribution >= 0.6 is 24.0 Å². The van der Waals surface area contributed by atoms with E-state index >= 15 is 0 Å². The smallest absolute Gasteiger partial charge is 0.218 e. The summed E-state index contributed by atoms with van der Waals surface area (Å²) in [5.74, 6) is 1.94. The van der Waals surface area contributed by atoms with Crippen LogP contribution in [-0.2, 0) is 6.54 Å². The van der Waals surface area contributed by atoms with E-state index in [9.17, 15) is 5.11 Å². The van der Waals surface area contributed by atoms with Crippen LogP contribution in [0.3, 0.4) is 0 Å². The zero-order chi connectivity index (χ0) is 20.8. The van der Waals surface area contributed by atoms with Crippen molar-refractivity contribution in [3.8, 4) is 11.6 Å². The quantitative estimate of drug-likeness (QED) is 0.345. The molecule has 0 bridgehead atoms. The second-order valence-electron chi connectivity index (χ2n) is 7.86. The number of nitrogens with one attached hydrogen (secondary N) is 1. The summed E-state index contributed by atoms with van der Waals surface area (Å²) in [5, 5.41) is 13.6. The number of halogens is 1. The average molecular weight is 537 g/mol. The fraction of sp³-hybridized carbons (Fsp3) is 0.478. The lowest BCUT2D eigenvalue weighted by atomic mass is 10.2. The van der Waals surface area contributed by atoms with Crippen LogP contribution < -0.4 is 15.0 Å². The van der Waals surface area contributed by atoms with E-state index in [4.69, 9.17) is 4.74 Å². The number of benzene rings is 1. The maximum Gasteiger partial charge on any atom is 0.218 e. The molecule has 1 aromatic heterocycles. The molecule has 1 saturated heterocycles. The van der Waals surface area contributed by atoms with Crippen LogP contribution in [0.5, 0.6) is 11.6 Å². The minimum atomic E-state index is 0. The Kier molecular flexibility index (Phi) is 8.62. The summed E-state index contributed by atoms with van der Waals surface area (Å²) in [6, 6.07) is 11.5. The van der Waals surface area contributed by atoms with Crippen molar-refractivity contribution in [2.75, 3.05) is 38.1 Å². The topological polar surface area (TPSA) is 73.2 Å². The normalized spacial score (nSPS) is 17.4. The highest BCUT2D eigenvalue weighted by Gasteiger charge is 2.22. The number of anilines is 1. The lowest BCUT2D eigenvalue weighted by Gasteiger charge is -2.37. The molecule has 1 aliphatic heterocycles. The molecule has 2 aliphatic rings. The predicted molar refractivity (Wildman–Crippen MR) is 135 cm³/mol. The standard InChI is InChI=1S/C23H31N5O2.HI/c1-24-23(28-15-13-27(14-16-28)20-10-4-5-11-21(20)29)26-17-18-7-6-12-25-22(18)30-19-8-2-3-9-19;/h4-7,10-12,19,29H,2-3,8-9,13-17H2,1H3,(H,24,26);1H. The third-order valence-electron chi connectivity index (χ3n) is 5.88. The number of aromatic hydroxyl groups is 1. The zero-order valence-electron chi connectivity index (χ0n) is 18.0. The number of aromatic nitrogens is 1. The Labute approximate surface area is 201 Å². The van der Waals surface area contributed by atoms with Crippen molar-refractivity contribution in [2.45, 2.75) is 38.3 Å². The van der Waals surface area contributed by atoms with E-state index in [1.807, 2.05) is 31.3 Å². The van der Waals surface area contributed by atoms with E-state index in [0.717, 1.165) is 62.1 Å². The maximum atomic E-state index is 10.1. The van der Waals surface area contributed by atoms with Gasteiger partial charge in [-0.25, -0.2) is 4.98 Å². The van der Waals surface area contributed by atoms with E-state index in [2.05, 4.69) is 31.2 Å². The Hall–Kier alpha value is -2.23. The number of hydrogen-bond acceptors (Lipinski definition) is 5. The van der Waals surface area contributed by atoms with Crippen molar-refractivity contribution in [3.05, 3.63) is 48.2 Å². The molecule has 0 radical (unpaired) electrons. The molecule has 1 saturated carbocycles. The van der Waals surface area contributed by atoms with Crippen molar-refractivity contribution in [1.82, 2.24) is 15.2 Å². The van der Waals surface area contributed by atoms with Crippen LogP contribution in [0.2, 0.25) is 0 Å². The number of phenols is 1. The number of guanidine groups is 1. The highest BCUT2D eigenvalue weighted by Crippen LogP contribution is 2.27. The second kappa shape index (κ2) is 11.4. The molecule has 8 heteroatoms. The van der Waals surface area contributed by atoms with Gasteiger partial charge in [0.15, 0.2) is 5.96 Å². The number of para-hydroxylation sites is 2. The van der Waals surface area contributed by atoms with Gasteiger partial charge in [0.1, 0.15) is 11.9 Å². The predicted octanol–water partition coefficient (Wildman–Crippen LogP) is 3.62. The number of nitrogens with zero attached hydrogens (tertiary/aromatic N) is 4. The van der Waals surface area contributed by atoms with Crippen molar-refractivity contribution < 1.29 is 9.84 Å². The summed E-state index contributed by atoms with van der Waals surface area (Å²) < 4.78 is 6.16. The molecule has 7 nitrogen and oxygen atoms in total. The van der Waals surface area contributed by atoms with Gasteiger partial charge in [-0.1, -0.05) is 18.2 Å². The van der Waals surface area contributed by atoms with Gasteiger partial charge in [-0.05, 0) is 43.9 Å². The molecule has 4 rings (SSSR count). The van der Waals surface area contributed by atoms with Gasteiger partial charge >= 0.3 is 0 Å². The van der Waals surface area contributed by atoms with E-state index in [1.54, 1.807) is 12.3 Å². The van der Waals surface area contributed by atoms with Gasteiger partial charge in [0, 0.05) is 51.5 Å². The van der Waals surface area contributed by atoms with Crippen molar-refractivity contribution in [2.24, 2.45) is 4.99 Å². The fourth-order valence-corrected chi connectivity index (χ4v) is 4.23. The molecular weight excluding hydrogens is 505 g/mol. The van der Waals surface area contributed by atoms with Gasteiger partial charge in [-0.3, -0.25) is 4.99 Å². The summed E-state index contributed by atoms with van der Waals surface area (Å²) in [6.07, 6.45) is 6.80. The number of ether oxygens (including phenoxy) is 1. The largest absolute Gasteiger partial charge is 0.506 e. The van der Waals surface area contributed by atoms with Crippen LogP contribution in [0.1, 0.15) is 31.2 Å². The van der Waals surface area contributed by atoms with Gasteiger partial charge < -0.3 is 25.0 Å². The van der Waals surface area contributed by atoms with Gasteiger partial charge in [0.05, 0.1) is 5.69 Å². The summed E-state index contributed by atoms with van der Waals surface area (Å²) in [5.41, 5.74) is 1.95. The third kappa shape index (κ3) is 5.93. The molecule has 31 heavy (non-hydrogen) atoms. The van der Waals surface area contributed by atoms with Gasteiger partial charge in [-0.15, -0.1) is 24.0 Å². The Bertz CT molecular complexity index is 865. The SMILES string of the molecule is CN=C(NCc1cccnc1OC1CCCC1)N1CCN(c2ccccc2O)CC1.I. The van der Waals surface area contributed by atoms with Crippen LogP contribution in [-0.4, -0.2) is 60.3 Å². The van der Waals surface area contributed by atoms with Crippen LogP contribution in [0.4, 0.5) is 5.69 Å². The zero-order valence-corrected chi connectivity index (χ0v) is 20.4. The molecule has 2 fully saturated rings. The molecule has 2 N–H and O–H groups in total.